The standard InChI is InChI=1S/C23H20ClN5O4S/c24-15-7-8-18(26-12-15)28-22(31)19-16(9-11-34-19)27-21(30)14-5-3-13(4-6-14)20(25)29-10-1-2-17(29)23(32)33/h3-9,11-12,17,25H,1-2,10H2,(H,27,30)(H,32,33)(H,26,28,31). The molecule has 174 valence electrons. The zero-order valence-corrected chi connectivity index (χ0v) is 19.3. The number of benzene rings is 1. The molecule has 0 aliphatic carbocycles. The summed E-state index contributed by atoms with van der Waals surface area (Å²) in [5.41, 5.74) is 1.22. The number of carbonyl (C=O) groups excluding carboxylic acids is 2. The molecule has 0 bridgehead atoms. The van der Waals surface area contributed by atoms with Crippen molar-refractivity contribution in [2.24, 2.45) is 0 Å². The highest BCUT2D eigenvalue weighted by molar-refractivity contribution is 7.12. The molecule has 0 radical (unpaired) electrons. The Labute approximate surface area is 203 Å². The number of aromatic nitrogens is 1. The molecule has 4 N–H and O–H groups in total. The number of hydrogen-bond donors (Lipinski definition) is 4. The van der Waals surface area contributed by atoms with Crippen molar-refractivity contribution in [2.45, 2.75) is 18.9 Å². The highest BCUT2D eigenvalue weighted by Crippen LogP contribution is 2.25. The van der Waals surface area contributed by atoms with Gasteiger partial charge >= 0.3 is 5.97 Å². The van der Waals surface area contributed by atoms with E-state index in [0.29, 0.717) is 51.9 Å². The van der Waals surface area contributed by atoms with Gasteiger partial charge in [-0.3, -0.25) is 15.0 Å². The zero-order chi connectivity index (χ0) is 24.2. The van der Waals surface area contributed by atoms with Crippen LogP contribution in [0.5, 0.6) is 0 Å². The van der Waals surface area contributed by atoms with Crippen molar-refractivity contribution in [2.75, 3.05) is 17.2 Å². The van der Waals surface area contributed by atoms with Crippen molar-refractivity contribution in [3.63, 3.8) is 0 Å². The van der Waals surface area contributed by atoms with E-state index < -0.39 is 23.8 Å². The predicted molar refractivity (Wildman–Crippen MR) is 130 cm³/mol. The fraction of sp³-hybridized carbons (Fsp3) is 0.174. The molecule has 1 aliphatic heterocycles. The SMILES string of the molecule is N=C(c1ccc(C(=O)Nc2ccsc2C(=O)Nc2ccc(Cl)cn2)cc1)N1CCCC1C(=O)O. The molecule has 1 unspecified atom stereocenters. The first-order chi connectivity index (χ1) is 16.3. The van der Waals surface area contributed by atoms with Gasteiger partial charge < -0.3 is 20.6 Å². The summed E-state index contributed by atoms with van der Waals surface area (Å²) < 4.78 is 0. The van der Waals surface area contributed by atoms with Gasteiger partial charge in [-0.1, -0.05) is 23.7 Å². The minimum Gasteiger partial charge on any atom is -0.480 e. The second-order valence-electron chi connectivity index (χ2n) is 7.55. The van der Waals surface area contributed by atoms with Gasteiger partial charge in [-0.2, -0.15) is 0 Å². The van der Waals surface area contributed by atoms with E-state index in [1.807, 2.05) is 0 Å². The number of thiophene rings is 1. The third-order valence-corrected chi connectivity index (χ3v) is 6.47. The van der Waals surface area contributed by atoms with Crippen LogP contribution < -0.4 is 10.6 Å². The molecule has 1 aromatic carbocycles. The molecule has 1 atom stereocenters. The number of aliphatic carboxylic acids is 1. The van der Waals surface area contributed by atoms with Gasteiger partial charge in [0.2, 0.25) is 0 Å². The van der Waals surface area contributed by atoms with Crippen molar-refractivity contribution >= 4 is 58.1 Å². The highest BCUT2D eigenvalue weighted by Gasteiger charge is 2.32. The van der Waals surface area contributed by atoms with Crippen LogP contribution in [-0.2, 0) is 4.79 Å². The number of carboxylic acids is 1. The van der Waals surface area contributed by atoms with Crippen LogP contribution in [0.4, 0.5) is 11.5 Å². The van der Waals surface area contributed by atoms with Crippen LogP contribution in [0.15, 0.2) is 54.0 Å². The third kappa shape index (κ3) is 5.08. The molecule has 4 rings (SSSR count). The summed E-state index contributed by atoms with van der Waals surface area (Å²) >= 11 is 6.99. The van der Waals surface area contributed by atoms with E-state index in [1.165, 1.54) is 17.5 Å². The largest absolute Gasteiger partial charge is 0.480 e. The number of halogens is 1. The maximum absolute atomic E-state index is 12.8. The van der Waals surface area contributed by atoms with Crippen molar-refractivity contribution in [1.29, 1.82) is 5.41 Å². The number of carbonyl (C=O) groups is 3. The van der Waals surface area contributed by atoms with Crippen LogP contribution in [0.2, 0.25) is 5.02 Å². The minimum atomic E-state index is -0.944. The number of nitrogens with zero attached hydrogens (tertiary/aromatic N) is 2. The molecule has 34 heavy (non-hydrogen) atoms. The highest BCUT2D eigenvalue weighted by atomic mass is 35.5. The van der Waals surface area contributed by atoms with Crippen molar-refractivity contribution in [3.05, 3.63) is 75.1 Å². The number of anilines is 2. The van der Waals surface area contributed by atoms with E-state index in [9.17, 15) is 19.5 Å². The Morgan fingerprint density at radius 3 is 2.47 bits per heavy atom. The zero-order valence-electron chi connectivity index (χ0n) is 17.7. The number of amidine groups is 1. The van der Waals surface area contributed by atoms with Gasteiger partial charge in [0.1, 0.15) is 22.6 Å². The molecule has 1 fully saturated rings. The molecule has 0 spiro atoms. The van der Waals surface area contributed by atoms with Crippen LogP contribution in [0, 0.1) is 5.41 Å². The number of nitrogens with one attached hydrogen (secondary N) is 3. The lowest BCUT2D eigenvalue weighted by atomic mass is 10.1. The Bertz CT molecular complexity index is 1240. The van der Waals surface area contributed by atoms with E-state index in [0.717, 1.165) is 0 Å². The number of likely N-dealkylation sites (tertiary alicyclic amines) is 1. The molecular formula is C23H20ClN5O4S. The number of pyridine rings is 1. The predicted octanol–water partition coefficient (Wildman–Crippen LogP) is 4.18. The molecule has 3 aromatic rings. The van der Waals surface area contributed by atoms with E-state index in [2.05, 4.69) is 15.6 Å². The number of hydrogen-bond acceptors (Lipinski definition) is 6. The first kappa shape index (κ1) is 23.4. The maximum atomic E-state index is 12.8. The first-order valence-corrected chi connectivity index (χ1v) is 11.6. The first-order valence-electron chi connectivity index (χ1n) is 10.3. The quantitative estimate of drug-likeness (QED) is 0.298. The van der Waals surface area contributed by atoms with Gasteiger partial charge in [-0.15, -0.1) is 11.3 Å². The lowest BCUT2D eigenvalue weighted by Gasteiger charge is -2.24. The normalized spacial score (nSPS) is 15.1. The summed E-state index contributed by atoms with van der Waals surface area (Å²) in [7, 11) is 0. The molecule has 2 amide bonds. The Kier molecular flexibility index (Phi) is 6.90. The van der Waals surface area contributed by atoms with Crippen LogP contribution >= 0.6 is 22.9 Å². The Hall–Kier alpha value is -3.76. The molecular weight excluding hydrogens is 478 g/mol. The summed E-state index contributed by atoms with van der Waals surface area (Å²) in [5.74, 6) is -1.33. The van der Waals surface area contributed by atoms with E-state index in [-0.39, 0.29) is 5.84 Å². The smallest absolute Gasteiger partial charge is 0.326 e. The minimum absolute atomic E-state index is 0.115. The number of amides is 2. The maximum Gasteiger partial charge on any atom is 0.326 e. The number of carboxylic acid groups (broad SMARTS) is 1. The molecule has 1 saturated heterocycles. The van der Waals surface area contributed by atoms with Gasteiger partial charge in [0.15, 0.2) is 0 Å². The van der Waals surface area contributed by atoms with Crippen LogP contribution in [0.1, 0.15) is 38.4 Å². The monoisotopic (exact) mass is 497 g/mol. The molecule has 9 nitrogen and oxygen atoms in total. The summed E-state index contributed by atoms with van der Waals surface area (Å²) in [5, 5.41) is 25.3. The topological polar surface area (TPSA) is 135 Å². The fourth-order valence-corrected chi connectivity index (χ4v) is 4.49. The Morgan fingerprint density at radius 1 is 1.06 bits per heavy atom. The summed E-state index contributed by atoms with van der Waals surface area (Å²) in [6, 6.07) is 10.5. The fourth-order valence-electron chi connectivity index (χ4n) is 3.64. The Morgan fingerprint density at radius 2 is 1.79 bits per heavy atom. The van der Waals surface area contributed by atoms with E-state index >= 15 is 0 Å². The molecule has 1 aliphatic rings. The molecule has 3 heterocycles. The van der Waals surface area contributed by atoms with Gasteiger partial charge in [0.05, 0.1) is 10.7 Å². The second kappa shape index (κ2) is 10.0. The van der Waals surface area contributed by atoms with Gasteiger partial charge in [-0.25, -0.2) is 9.78 Å². The average molecular weight is 498 g/mol. The van der Waals surface area contributed by atoms with Gasteiger partial charge in [0, 0.05) is 23.9 Å². The van der Waals surface area contributed by atoms with Crippen LogP contribution in [0.3, 0.4) is 0 Å². The van der Waals surface area contributed by atoms with Crippen molar-refractivity contribution in [1.82, 2.24) is 9.88 Å². The van der Waals surface area contributed by atoms with E-state index in [4.69, 9.17) is 17.0 Å². The summed E-state index contributed by atoms with van der Waals surface area (Å²) in [6.45, 7) is 0.507. The molecule has 2 aromatic heterocycles. The van der Waals surface area contributed by atoms with Crippen molar-refractivity contribution < 1.29 is 19.5 Å². The second-order valence-corrected chi connectivity index (χ2v) is 8.90. The number of rotatable bonds is 6. The van der Waals surface area contributed by atoms with Crippen LogP contribution in [-0.4, -0.2) is 51.2 Å². The average Bonchev–Trinajstić information content (AvgIpc) is 3.50. The van der Waals surface area contributed by atoms with E-state index in [1.54, 1.807) is 52.7 Å². The van der Waals surface area contributed by atoms with Gasteiger partial charge in [0.25, 0.3) is 11.8 Å². The molecule has 0 saturated carbocycles. The van der Waals surface area contributed by atoms with Crippen molar-refractivity contribution in [3.8, 4) is 0 Å². The summed E-state index contributed by atoms with van der Waals surface area (Å²) in [4.78, 5) is 42.7. The Balaban J connectivity index is 1.42. The van der Waals surface area contributed by atoms with Crippen LogP contribution in [0.25, 0.3) is 0 Å². The third-order valence-electron chi connectivity index (χ3n) is 5.33. The summed E-state index contributed by atoms with van der Waals surface area (Å²) in [6.07, 6.45) is 2.64. The lowest BCUT2D eigenvalue weighted by Crippen LogP contribution is -2.40. The van der Waals surface area contributed by atoms with Gasteiger partial charge in [-0.05, 0) is 48.6 Å². The lowest BCUT2D eigenvalue weighted by molar-refractivity contribution is -0.140. The molecule has 11 heteroatoms.